The van der Waals surface area contributed by atoms with E-state index in [-0.39, 0.29) is 0 Å². The smallest absolute Gasteiger partial charge is 0.0682 e. The Morgan fingerprint density at radius 3 is 2.92 bits per heavy atom. The summed E-state index contributed by atoms with van der Waals surface area (Å²) < 4.78 is 2.09. The van der Waals surface area contributed by atoms with E-state index < -0.39 is 0 Å². The van der Waals surface area contributed by atoms with Crippen molar-refractivity contribution >= 4 is 28.2 Å². The van der Waals surface area contributed by atoms with E-state index in [4.69, 9.17) is 17.3 Å². The van der Waals surface area contributed by atoms with Gasteiger partial charge in [0.15, 0.2) is 0 Å². The van der Waals surface area contributed by atoms with Crippen molar-refractivity contribution in [2.24, 2.45) is 0 Å². The van der Waals surface area contributed by atoms with Gasteiger partial charge in [0.2, 0.25) is 0 Å². The molecule has 1 aromatic carbocycles. The highest BCUT2D eigenvalue weighted by molar-refractivity contribution is 6.36. The molecule has 2 aromatic rings. The molecule has 2 rings (SSSR count). The van der Waals surface area contributed by atoms with Crippen LogP contribution in [-0.2, 0) is 6.54 Å². The third-order valence-electron chi connectivity index (χ3n) is 2.23. The fourth-order valence-corrected chi connectivity index (χ4v) is 1.91. The molecule has 0 aliphatic heterocycles. The third-order valence-corrected chi connectivity index (χ3v) is 2.52. The fourth-order valence-electron chi connectivity index (χ4n) is 1.59. The molecule has 0 saturated heterocycles. The molecule has 0 saturated carbocycles. The maximum Gasteiger partial charge on any atom is 0.0682 e. The van der Waals surface area contributed by atoms with Crippen molar-refractivity contribution in [2.45, 2.75) is 13.5 Å². The standard InChI is InChI=1S/C10H11ClN2/c1-2-13-6-7(11)10-8(12)4-3-5-9(10)13/h3-6H,2,12H2,1H3. The lowest BCUT2D eigenvalue weighted by Gasteiger charge is -2.00. The van der Waals surface area contributed by atoms with Gasteiger partial charge < -0.3 is 10.3 Å². The molecule has 0 unspecified atom stereocenters. The van der Waals surface area contributed by atoms with Crippen LogP contribution in [0.3, 0.4) is 0 Å². The Morgan fingerprint density at radius 1 is 1.46 bits per heavy atom. The Hall–Kier alpha value is -1.15. The van der Waals surface area contributed by atoms with Crippen LogP contribution in [0.25, 0.3) is 10.9 Å². The molecule has 0 amide bonds. The van der Waals surface area contributed by atoms with Crippen LogP contribution in [0.1, 0.15) is 6.92 Å². The van der Waals surface area contributed by atoms with Crippen LogP contribution in [0, 0.1) is 0 Å². The summed E-state index contributed by atoms with van der Waals surface area (Å²) in [4.78, 5) is 0. The van der Waals surface area contributed by atoms with Gasteiger partial charge in [0.25, 0.3) is 0 Å². The predicted octanol–water partition coefficient (Wildman–Crippen LogP) is 2.90. The van der Waals surface area contributed by atoms with E-state index >= 15 is 0 Å². The molecule has 1 aromatic heterocycles. The Balaban J connectivity index is 2.87. The Morgan fingerprint density at radius 2 is 2.23 bits per heavy atom. The molecule has 2 N–H and O–H groups in total. The number of nitrogens with zero attached hydrogens (tertiary/aromatic N) is 1. The summed E-state index contributed by atoms with van der Waals surface area (Å²) in [6.07, 6.45) is 1.92. The molecule has 0 spiro atoms. The minimum absolute atomic E-state index is 0.731. The van der Waals surface area contributed by atoms with Crippen LogP contribution >= 0.6 is 11.6 Å². The molecule has 0 fully saturated rings. The summed E-state index contributed by atoms with van der Waals surface area (Å²) in [5, 5.41) is 1.70. The quantitative estimate of drug-likeness (QED) is 0.696. The highest BCUT2D eigenvalue weighted by Gasteiger charge is 2.07. The second-order valence-electron chi connectivity index (χ2n) is 3.00. The second kappa shape index (κ2) is 2.96. The second-order valence-corrected chi connectivity index (χ2v) is 3.41. The van der Waals surface area contributed by atoms with Crippen molar-refractivity contribution in [3.8, 4) is 0 Å². The molecule has 68 valence electrons. The van der Waals surface area contributed by atoms with E-state index in [9.17, 15) is 0 Å². The first-order valence-corrected chi connectivity index (χ1v) is 4.64. The van der Waals surface area contributed by atoms with E-state index in [2.05, 4.69) is 11.5 Å². The minimum atomic E-state index is 0.731. The highest BCUT2D eigenvalue weighted by atomic mass is 35.5. The zero-order valence-electron chi connectivity index (χ0n) is 7.42. The maximum atomic E-state index is 6.06. The van der Waals surface area contributed by atoms with Gasteiger partial charge in [-0.1, -0.05) is 17.7 Å². The van der Waals surface area contributed by atoms with E-state index in [1.165, 1.54) is 0 Å². The van der Waals surface area contributed by atoms with Crippen LogP contribution in [0.2, 0.25) is 5.02 Å². The van der Waals surface area contributed by atoms with Crippen LogP contribution in [0.5, 0.6) is 0 Å². The van der Waals surface area contributed by atoms with Gasteiger partial charge in [-0.05, 0) is 19.1 Å². The lowest BCUT2D eigenvalue weighted by Crippen LogP contribution is -1.91. The van der Waals surface area contributed by atoms with Crippen molar-refractivity contribution in [2.75, 3.05) is 5.73 Å². The number of nitrogen functional groups attached to an aromatic ring is 1. The first-order chi connectivity index (χ1) is 6.24. The molecule has 2 nitrogen and oxygen atoms in total. The summed E-state index contributed by atoms with van der Waals surface area (Å²) in [6, 6.07) is 5.84. The first-order valence-electron chi connectivity index (χ1n) is 4.27. The Bertz CT molecular complexity index is 445. The number of nitrogens with two attached hydrogens (primary N) is 1. The minimum Gasteiger partial charge on any atom is -0.398 e. The summed E-state index contributed by atoms with van der Waals surface area (Å²) >= 11 is 6.06. The molecule has 13 heavy (non-hydrogen) atoms. The summed E-state index contributed by atoms with van der Waals surface area (Å²) in [5.74, 6) is 0. The van der Waals surface area contributed by atoms with Gasteiger partial charge in [-0.3, -0.25) is 0 Å². The first kappa shape index (κ1) is 8.45. The van der Waals surface area contributed by atoms with Gasteiger partial charge >= 0.3 is 0 Å². The molecule has 0 aliphatic rings. The normalized spacial score (nSPS) is 10.9. The van der Waals surface area contributed by atoms with Crippen LogP contribution in [-0.4, -0.2) is 4.57 Å². The van der Waals surface area contributed by atoms with Crippen LogP contribution < -0.4 is 5.73 Å². The Kier molecular flexibility index (Phi) is 1.93. The summed E-state index contributed by atoms with van der Waals surface area (Å²) in [7, 11) is 0. The molecule has 1 heterocycles. The maximum absolute atomic E-state index is 6.06. The number of anilines is 1. The lowest BCUT2D eigenvalue weighted by molar-refractivity contribution is 0.798. The van der Waals surface area contributed by atoms with Gasteiger partial charge in [0.1, 0.15) is 0 Å². The van der Waals surface area contributed by atoms with E-state index in [0.717, 1.165) is 28.2 Å². The number of halogens is 1. The van der Waals surface area contributed by atoms with Crippen LogP contribution in [0.15, 0.2) is 24.4 Å². The van der Waals surface area contributed by atoms with Crippen molar-refractivity contribution < 1.29 is 0 Å². The molecule has 3 heteroatoms. The van der Waals surface area contributed by atoms with E-state index in [1.807, 2.05) is 24.4 Å². The number of hydrogen-bond donors (Lipinski definition) is 1. The largest absolute Gasteiger partial charge is 0.398 e. The van der Waals surface area contributed by atoms with Gasteiger partial charge in [-0.2, -0.15) is 0 Å². The number of aromatic nitrogens is 1. The van der Waals surface area contributed by atoms with Crippen molar-refractivity contribution in [1.82, 2.24) is 4.57 Å². The van der Waals surface area contributed by atoms with Gasteiger partial charge in [0, 0.05) is 23.8 Å². The van der Waals surface area contributed by atoms with E-state index in [0.29, 0.717) is 0 Å². The molecule has 0 aliphatic carbocycles. The average molecular weight is 195 g/mol. The summed E-state index contributed by atoms with van der Waals surface area (Å²) in [6.45, 7) is 2.99. The number of hydrogen-bond acceptors (Lipinski definition) is 1. The molecule has 0 radical (unpaired) electrons. The van der Waals surface area contributed by atoms with Gasteiger partial charge in [0.05, 0.1) is 10.5 Å². The molecular formula is C10H11ClN2. The third kappa shape index (κ3) is 1.18. The SMILES string of the molecule is CCn1cc(Cl)c2c(N)cccc21. The zero-order valence-corrected chi connectivity index (χ0v) is 8.17. The monoisotopic (exact) mass is 194 g/mol. The average Bonchev–Trinajstić information content (AvgIpc) is 2.44. The molecule has 0 bridgehead atoms. The van der Waals surface area contributed by atoms with Gasteiger partial charge in [-0.25, -0.2) is 0 Å². The van der Waals surface area contributed by atoms with Crippen molar-refractivity contribution in [3.05, 3.63) is 29.4 Å². The number of benzene rings is 1. The summed E-state index contributed by atoms with van der Waals surface area (Å²) in [5.41, 5.74) is 7.68. The van der Waals surface area contributed by atoms with E-state index in [1.54, 1.807) is 0 Å². The van der Waals surface area contributed by atoms with Crippen molar-refractivity contribution in [1.29, 1.82) is 0 Å². The molecular weight excluding hydrogens is 184 g/mol. The predicted molar refractivity (Wildman–Crippen MR) is 57.0 cm³/mol. The zero-order chi connectivity index (χ0) is 9.42. The lowest BCUT2D eigenvalue weighted by atomic mass is 10.2. The van der Waals surface area contributed by atoms with Crippen LogP contribution in [0.4, 0.5) is 5.69 Å². The molecule has 0 atom stereocenters. The fraction of sp³-hybridized carbons (Fsp3) is 0.200. The van der Waals surface area contributed by atoms with Crippen molar-refractivity contribution in [3.63, 3.8) is 0 Å². The Labute approximate surface area is 81.9 Å². The number of rotatable bonds is 1. The topological polar surface area (TPSA) is 30.9 Å². The number of fused-ring (bicyclic) bond motifs is 1. The number of aryl methyl sites for hydroxylation is 1. The highest BCUT2D eigenvalue weighted by Crippen LogP contribution is 2.30. The van der Waals surface area contributed by atoms with Gasteiger partial charge in [-0.15, -0.1) is 0 Å².